The topological polar surface area (TPSA) is 102 Å². The van der Waals surface area contributed by atoms with Gasteiger partial charge in [-0.15, -0.1) is 5.11 Å². The highest BCUT2D eigenvalue weighted by atomic mass is 16.5. The lowest BCUT2D eigenvalue weighted by Gasteiger charge is -2.33. The first kappa shape index (κ1) is 41.5. The minimum absolute atomic E-state index is 0.116. The molecular weight excluding hydrogens is 606 g/mol. The molecule has 0 spiro atoms. The second-order valence-electron chi connectivity index (χ2n) is 14.6. The standard InChI is InChI=1S/C42H63N5O2/c1-10-14-16-33(12-3)27-47(28-34(13-4)17-15-11-2)39-20-21-40(32(9)22-39)45-46-41-37(25-43)23-36(24-38(41)26-44)42(48)49-29-35(31(7)8)19-18-30(5)6/h20-24,30-31,33-35H,10-19,27-29H2,1-9H3. The summed E-state index contributed by atoms with van der Waals surface area (Å²) in [4.78, 5) is 15.6. The van der Waals surface area contributed by atoms with E-state index >= 15 is 0 Å². The first-order valence-electron chi connectivity index (χ1n) is 18.9. The summed E-state index contributed by atoms with van der Waals surface area (Å²) in [5.74, 6) is 1.96. The Balaban J connectivity index is 2.34. The van der Waals surface area contributed by atoms with Crippen LogP contribution in [-0.4, -0.2) is 25.7 Å². The number of azo groups is 1. The Morgan fingerprint density at radius 2 is 1.39 bits per heavy atom. The van der Waals surface area contributed by atoms with Gasteiger partial charge in [-0.3, -0.25) is 0 Å². The van der Waals surface area contributed by atoms with Crippen molar-refractivity contribution in [2.24, 2.45) is 39.8 Å². The summed E-state index contributed by atoms with van der Waals surface area (Å²) >= 11 is 0. The van der Waals surface area contributed by atoms with Crippen molar-refractivity contribution in [1.82, 2.24) is 0 Å². The van der Waals surface area contributed by atoms with E-state index in [1.54, 1.807) is 0 Å². The van der Waals surface area contributed by atoms with Crippen molar-refractivity contribution in [3.63, 3.8) is 0 Å². The van der Waals surface area contributed by atoms with Crippen molar-refractivity contribution in [2.45, 2.75) is 127 Å². The highest BCUT2D eigenvalue weighted by Gasteiger charge is 2.21. The molecular formula is C42H63N5O2. The average Bonchev–Trinajstić information content (AvgIpc) is 3.09. The second kappa shape index (κ2) is 22.1. The van der Waals surface area contributed by atoms with Crippen molar-refractivity contribution >= 4 is 23.0 Å². The molecule has 7 nitrogen and oxygen atoms in total. The highest BCUT2D eigenvalue weighted by Crippen LogP contribution is 2.32. The maximum Gasteiger partial charge on any atom is 0.338 e. The van der Waals surface area contributed by atoms with Crippen LogP contribution in [0.4, 0.5) is 17.1 Å². The summed E-state index contributed by atoms with van der Waals surface area (Å²) < 4.78 is 5.68. The molecule has 49 heavy (non-hydrogen) atoms. The van der Waals surface area contributed by atoms with Gasteiger partial charge in [-0.25, -0.2) is 4.79 Å². The molecule has 3 unspecified atom stereocenters. The first-order valence-corrected chi connectivity index (χ1v) is 18.9. The number of carbonyl (C=O) groups excluding carboxylic acids is 1. The number of aryl methyl sites for hydroxylation is 1. The third kappa shape index (κ3) is 13.6. The van der Waals surface area contributed by atoms with E-state index in [0.717, 1.165) is 31.5 Å². The summed E-state index contributed by atoms with van der Waals surface area (Å²) in [5, 5.41) is 28.9. The zero-order valence-corrected chi connectivity index (χ0v) is 32.0. The van der Waals surface area contributed by atoms with E-state index in [1.165, 1.54) is 69.2 Å². The average molecular weight is 670 g/mol. The number of esters is 1. The third-order valence-corrected chi connectivity index (χ3v) is 9.92. The monoisotopic (exact) mass is 669 g/mol. The Labute approximate surface area is 298 Å². The quantitative estimate of drug-likeness (QED) is 0.0917. The van der Waals surface area contributed by atoms with Crippen molar-refractivity contribution in [3.05, 3.63) is 52.6 Å². The molecule has 0 bridgehead atoms. The van der Waals surface area contributed by atoms with Gasteiger partial charge in [0, 0.05) is 18.8 Å². The van der Waals surface area contributed by atoms with Crippen LogP contribution in [0.2, 0.25) is 0 Å². The van der Waals surface area contributed by atoms with Crippen LogP contribution in [0, 0.1) is 59.2 Å². The fourth-order valence-electron chi connectivity index (χ4n) is 6.25. The van der Waals surface area contributed by atoms with Gasteiger partial charge >= 0.3 is 5.97 Å². The molecule has 0 saturated heterocycles. The number of rotatable bonds is 22. The largest absolute Gasteiger partial charge is 0.462 e. The highest BCUT2D eigenvalue weighted by molar-refractivity contribution is 5.91. The number of carbonyl (C=O) groups is 1. The molecule has 0 heterocycles. The van der Waals surface area contributed by atoms with Crippen LogP contribution in [0.15, 0.2) is 40.6 Å². The molecule has 0 amide bonds. The fraction of sp³-hybridized carbons (Fsp3) is 0.643. The lowest BCUT2D eigenvalue weighted by atomic mass is 9.89. The summed E-state index contributed by atoms with van der Waals surface area (Å²) in [7, 11) is 0. The summed E-state index contributed by atoms with van der Waals surface area (Å²) in [6.45, 7) is 22.2. The van der Waals surface area contributed by atoms with Crippen LogP contribution in [0.5, 0.6) is 0 Å². The molecule has 0 N–H and O–H groups in total. The van der Waals surface area contributed by atoms with Gasteiger partial charge in [0.15, 0.2) is 0 Å². The van der Waals surface area contributed by atoms with Crippen LogP contribution in [0.3, 0.4) is 0 Å². The lowest BCUT2D eigenvalue weighted by molar-refractivity contribution is 0.0390. The van der Waals surface area contributed by atoms with E-state index in [9.17, 15) is 15.3 Å². The number of unbranched alkanes of at least 4 members (excludes halogenated alkanes) is 2. The first-order chi connectivity index (χ1) is 23.5. The number of ether oxygens (including phenoxy) is 1. The van der Waals surface area contributed by atoms with Crippen LogP contribution in [-0.2, 0) is 4.74 Å². The fourth-order valence-corrected chi connectivity index (χ4v) is 6.25. The van der Waals surface area contributed by atoms with E-state index < -0.39 is 5.97 Å². The predicted molar refractivity (Wildman–Crippen MR) is 203 cm³/mol. The summed E-state index contributed by atoms with van der Waals surface area (Å²) in [5.41, 5.74) is 3.42. The predicted octanol–water partition coefficient (Wildman–Crippen LogP) is 12.3. The maximum atomic E-state index is 13.0. The molecule has 0 aromatic heterocycles. The third-order valence-electron chi connectivity index (χ3n) is 9.92. The van der Waals surface area contributed by atoms with Crippen LogP contribution >= 0.6 is 0 Å². The normalized spacial score (nSPS) is 13.3. The van der Waals surface area contributed by atoms with Crippen LogP contribution in [0.25, 0.3) is 0 Å². The van der Waals surface area contributed by atoms with Gasteiger partial charge in [-0.05, 0) is 91.7 Å². The number of hydrogen-bond donors (Lipinski definition) is 0. The van der Waals surface area contributed by atoms with Crippen molar-refractivity contribution in [2.75, 3.05) is 24.6 Å². The molecule has 0 aliphatic heterocycles. The summed E-state index contributed by atoms with van der Waals surface area (Å²) in [6.07, 6.45) is 11.8. The number of nitriles is 2. The Morgan fingerprint density at radius 1 is 0.816 bits per heavy atom. The van der Waals surface area contributed by atoms with E-state index in [0.29, 0.717) is 36.0 Å². The van der Waals surface area contributed by atoms with Crippen molar-refractivity contribution in [1.29, 1.82) is 10.5 Å². The van der Waals surface area contributed by atoms with Gasteiger partial charge in [0.1, 0.15) is 17.8 Å². The second-order valence-corrected chi connectivity index (χ2v) is 14.6. The van der Waals surface area contributed by atoms with E-state index in [-0.39, 0.29) is 28.3 Å². The zero-order chi connectivity index (χ0) is 36.3. The van der Waals surface area contributed by atoms with Gasteiger partial charge in [0.2, 0.25) is 0 Å². The van der Waals surface area contributed by atoms with Gasteiger partial charge in [0.05, 0.1) is 29.0 Å². The molecule has 0 fully saturated rings. The molecule has 3 atom stereocenters. The maximum absolute atomic E-state index is 13.0. The molecule has 7 heteroatoms. The van der Waals surface area contributed by atoms with E-state index in [1.807, 2.05) is 13.0 Å². The molecule has 2 rings (SSSR count). The smallest absolute Gasteiger partial charge is 0.338 e. The molecule has 2 aromatic rings. The molecule has 268 valence electrons. The zero-order valence-electron chi connectivity index (χ0n) is 32.0. The molecule has 2 aromatic carbocycles. The molecule has 0 radical (unpaired) electrons. The number of hydrogen-bond acceptors (Lipinski definition) is 7. The molecule has 0 aliphatic carbocycles. The van der Waals surface area contributed by atoms with Crippen LogP contribution < -0.4 is 4.90 Å². The minimum Gasteiger partial charge on any atom is -0.462 e. The minimum atomic E-state index is -0.539. The van der Waals surface area contributed by atoms with Gasteiger partial charge in [0.25, 0.3) is 0 Å². The Hall–Kier alpha value is -3.71. The number of anilines is 1. The lowest BCUT2D eigenvalue weighted by Crippen LogP contribution is -2.34. The van der Waals surface area contributed by atoms with E-state index in [4.69, 9.17) is 4.74 Å². The number of nitrogens with zero attached hydrogens (tertiary/aromatic N) is 5. The van der Waals surface area contributed by atoms with Crippen LogP contribution in [0.1, 0.15) is 147 Å². The van der Waals surface area contributed by atoms with E-state index in [2.05, 4.69) is 94.8 Å². The Bertz CT molecular complexity index is 1360. The Morgan fingerprint density at radius 3 is 1.84 bits per heavy atom. The van der Waals surface area contributed by atoms with Crippen molar-refractivity contribution < 1.29 is 9.53 Å². The Kier molecular flexibility index (Phi) is 18.7. The molecule has 0 saturated carbocycles. The molecule has 0 aliphatic rings. The SMILES string of the molecule is CCCCC(CC)CN(CC(CC)CCCC)c1ccc(N=Nc2c(C#N)cc(C(=O)OCC(CCC(C)C)C(C)C)cc2C#N)c(C)c1. The van der Waals surface area contributed by atoms with Gasteiger partial charge in [-0.1, -0.05) is 100 Å². The van der Waals surface area contributed by atoms with Crippen molar-refractivity contribution in [3.8, 4) is 12.1 Å². The number of benzene rings is 2. The van der Waals surface area contributed by atoms with Gasteiger partial charge in [-0.2, -0.15) is 15.6 Å². The summed E-state index contributed by atoms with van der Waals surface area (Å²) in [6, 6.07) is 13.4. The van der Waals surface area contributed by atoms with Gasteiger partial charge < -0.3 is 9.64 Å².